The zero-order valence-corrected chi connectivity index (χ0v) is 6.09. The molecule has 0 aromatic rings. The zero-order chi connectivity index (χ0) is 7.56. The molecule has 0 fully saturated rings. The molecule has 0 saturated heterocycles. The molecule has 0 atom stereocenters. The molecule has 0 amide bonds. The van der Waals surface area contributed by atoms with Gasteiger partial charge in [0.15, 0.2) is 0 Å². The fraction of sp³-hybridized carbons (Fsp3) is 0.571. The van der Waals surface area contributed by atoms with E-state index in [-0.39, 0.29) is 6.61 Å². The predicted molar refractivity (Wildman–Crippen MR) is 40.9 cm³/mol. The van der Waals surface area contributed by atoms with Crippen LogP contribution in [-0.4, -0.2) is 24.1 Å². The number of aliphatic hydroxyl groups is 1. The van der Waals surface area contributed by atoms with Crippen LogP contribution in [0.1, 0.15) is 13.3 Å². The maximum Gasteiger partial charge on any atom is 0.121 e. The molecule has 0 unspecified atom stereocenters. The first-order valence-electron chi connectivity index (χ1n) is 3.35. The highest BCUT2D eigenvalue weighted by atomic mass is 16.3. The summed E-state index contributed by atoms with van der Waals surface area (Å²) in [5, 5.41) is 8.81. The van der Waals surface area contributed by atoms with E-state index in [4.69, 9.17) is 10.8 Å². The van der Waals surface area contributed by atoms with E-state index >= 15 is 0 Å². The van der Waals surface area contributed by atoms with Crippen LogP contribution >= 0.6 is 0 Å². The molecule has 0 aliphatic carbocycles. The molecule has 10 heavy (non-hydrogen) atoms. The summed E-state index contributed by atoms with van der Waals surface area (Å²) in [7, 11) is 0. The molecule has 3 N–H and O–H groups in total. The molecule has 1 heterocycles. The van der Waals surface area contributed by atoms with Crippen LogP contribution in [0.5, 0.6) is 0 Å². The lowest BCUT2D eigenvalue weighted by atomic mass is 10.0. The summed E-state index contributed by atoms with van der Waals surface area (Å²) < 4.78 is 0. The fourth-order valence-corrected chi connectivity index (χ4v) is 0.996. The Morgan fingerprint density at radius 3 is 2.90 bits per heavy atom. The van der Waals surface area contributed by atoms with Crippen molar-refractivity contribution in [2.24, 2.45) is 10.7 Å². The maximum absolute atomic E-state index is 8.81. The molecule has 1 rings (SSSR count). The third-order valence-corrected chi connectivity index (χ3v) is 1.80. The molecule has 0 aromatic heterocycles. The molecule has 0 radical (unpaired) electrons. The summed E-state index contributed by atoms with van der Waals surface area (Å²) in [6, 6.07) is 0. The highest BCUT2D eigenvalue weighted by molar-refractivity contribution is 5.97. The van der Waals surface area contributed by atoms with Crippen molar-refractivity contribution in [1.29, 1.82) is 0 Å². The second kappa shape index (κ2) is 2.84. The Hall–Kier alpha value is -0.830. The van der Waals surface area contributed by atoms with Crippen LogP contribution in [0.3, 0.4) is 0 Å². The Labute approximate surface area is 60.3 Å². The number of nitrogens with two attached hydrogens (primary N) is 1. The molecule has 1 aliphatic rings. The van der Waals surface area contributed by atoms with Crippen LogP contribution in [0.15, 0.2) is 16.1 Å². The molecule has 0 aromatic carbocycles. The van der Waals surface area contributed by atoms with Crippen LogP contribution in [0, 0.1) is 0 Å². The van der Waals surface area contributed by atoms with E-state index in [1.165, 1.54) is 0 Å². The van der Waals surface area contributed by atoms with Crippen LogP contribution in [0.4, 0.5) is 0 Å². The van der Waals surface area contributed by atoms with E-state index in [0.29, 0.717) is 5.84 Å². The van der Waals surface area contributed by atoms with Gasteiger partial charge in [0, 0.05) is 6.54 Å². The minimum atomic E-state index is 0.113. The van der Waals surface area contributed by atoms with Crippen molar-refractivity contribution in [3.8, 4) is 0 Å². The van der Waals surface area contributed by atoms with Gasteiger partial charge in [0.1, 0.15) is 5.84 Å². The summed E-state index contributed by atoms with van der Waals surface area (Å²) >= 11 is 0. The first-order chi connectivity index (χ1) is 4.75. The normalized spacial score (nSPS) is 19.2. The molecule has 3 nitrogen and oxygen atoms in total. The quantitative estimate of drug-likeness (QED) is 0.541. The number of dihydropyridines is 1. The van der Waals surface area contributed by atoms with E-state index < -0.39 is 0 Å². The van der Waals surface area contributed by atoms with Crippen LogP contribution in [0.25, 0.3) is 0 Å². The van der Waals surface area contributed by atoms with Crippen LogP contribution < -0.4 is 5.73 Å². The molecule has 1 aliphatic heterocycles. The molecular formula is C7H12N2O. The van der Waals surface area contributed by atoms with Gasteiger partial charge in [-0.3, -0.25) is 4.99 Å². The second-order valence-corrected chi connectivity index (χ2v) is 2.40. The topological polar surface area (TPSA) is 58.6 Å². The SMILES string of the molecule is CC1=C(CO)CCN=C1N. The van der Waals surface area contributed by atoms with Crippen molar-refractivity contribution in [2.75, 3.05) is 13.2 Å². The third kappa shape index (κ3) is 1.19. The van der Waals surface area contributed by atoms with Gasteiger partial charge >= 0.3 is 0 Å². The van der Waals surface area contributed by atoms with Crippen LogP contribution in [-0.2, 0) is 0 Å². The minimum Gasteiger partial charge on any atom is -0.392 e. The predicted octanol–water partition coefficient (Wildman–Crippen LogP) is 0.0561. The van der Waals surface area contributed by atoms with Gasteiger partial charge in [0.05, 0.1) is 6.61 Å². The summed E-state index contributed by atoms with van der Waals surface area (Å²) in [5.74, 6) is 0.579. The molecule has 0 spiro atoms. The van der Waals surface area contributed by atoms with E-state index in [0.717, 1.165) is 24.1 Å². The van der Waals surface area contributed by atoms with E-state index in [9.17, 15) is 0 Å². The van der Waals surface area contributed by atoms with Gasteiger partial charge in [0.2, 0.25) is 0 Å². The maximum atomic E-state index is 8.81. The largest absolute Gasteiger partial charge is 0.392 e. The Kier molecular flexibility index (Phi) is 2.06. The number of amidine groups is 1. The second-order valence-electron chi connectivity index (χ2n) is 2.40. The van der Waals surface area contributed by atoms with Crippen molar-refractivity contribution in [2.45, 2.75) is 13.3 Å². The van der Waals surface area contributed by atoms with Gasteiger partial charge in [0.25, 0.3) is 0 Å². The average Bonchev–Trinajstić information content (AvgIpc) is 1.95. The van der Waals surface area contributed by atoms with Gasteiger partial charge in [-0.1, -0.05) is 0 Å². The highest BCUT2D eigenvalue weighted by Crippen LogP contribution is 2.12. The molecule has 3 heteroatoms. The standard InChI is InChI=1S/C7H12N2O/c1-5-6(4-10)2-3-9-7(5)8/h10H,2-4H2,1H3,(H2,8,9). The van der Waals surface area contributed by atoms with Crippen LogP contribution in [0.2, 0.25) is 0 Å². The smallest absolute Gasteiger partial charge is 0.121 e. The molecule has 0 bridgehead atoms. The van der Waals surface area contributed by atoms with Crippen molar-refractivity contribution in [3.05, 3.63) is 11.1 Å². The average molecular weight is 140 g/mol. The van der Waals surface area contributed by atoms with E-state index in [1.54, 1.807) is 0 Å². The number of aliphatic imine (C=N–C) groups is 1. The Balaban J connectivity index is 2.85. The summed E-state index contributed by atoms with van der Waals surface area (Å²) in [6.45, 7) is 2.73. The lowest BCUT2D eigenvalue weighted by Gasteiger charge is -2.13. The lowest BCUT2D eigenvalue weighted by molar-refractivity contribution is 0.325. The monoisotopic (exact) mass is 140 g/mol. The molecule has 0 saturated carbocycles. The summed E-state index contributed by atoms with van der Waals surface area (Å²) in [5.41, 5.74) is 7.50. The number of rotatable bonds is 1. The Bertz CT molecular complexity index is 194. The Morgan fingerprint density at radius 2 is 2.40 bits per heavy atom. The van der Waals surface area contributed by atoms with Gasteiger partial charge in [-0.05, 0) is 24.5 Å². The molecule has 56 valence electrons. The van der Waals surface area contributed by atoms with Crippen molar-refractivity contribution in [1.82, 2.24) is 0 Å². The lowest BCUT2D eigenvalue weighted by Crippen LogP contribution is -2.20. The summed E-state index contributed by atoms with van der Waals surface area (Å²) in [4.78, 5) is 4.03. The number of hydrogen-bond acceptors (Lipinski definition) is 3. The number of aliphatic hydroxyl groups excluding tert-OH is 1. The van der Waals surface area contributed by atoms with Gasteiger partial charge in [-0.2, -0.15) is 0 Å². The van der Waals surface area contributed by atoms with Gasteiger partial charge < -0.3 is 10.8 Å². The summed E-state index contributed by atoms with van der Waals surface area (Å²) in [6.07, 6.45) is 0.850. The van der Waals surface area contributed by atoms with Gasteiger partial charge in [-0.25, -0.2) is 0 Å². The fourth-order valence-electron chi connectivity index (χ4n) is 0.996. The number of nitrogens with zero attached hydrogens (tertiary/aromatic N) is 1. The third-order valence-electron chi connectivity index (χ3n) is 1.80. The van der Waals surface area contributed by atoms with Gasteiger partial charge in [-0.15, -0.1) is 0 Å². The van der Waals surface area contributed by atoms with Crippen molar-refractivity contribution in [3.63, 3.8) is 0 Å². The van der Waals surface area contributed by atoms with Crippen molar-refractivity contribution >= 4 is 5.84 Å². The Morgan fingerprint density at radius 1 is 1.70 bits per heavy atom. The van der Waals surface area contributed by atoms with Crippen molar-refractivity contribution < 1.29 is 5.11 Å². The first-order valence-corrected chi connectivity index (χ1v) is 3.35. The number of hydrogen-bond donors (Lipinski definition) is 2. The van der Waals surface area contributed by atoms with E-state index in [2.05, 4.69) is 4.99 Å². The first kappa shape index (κ1) is 7.28. The van der Waals surface area contributed by atoms with E-state index in [1.807, 2.05) is 6.92 Å². The highest BCUT2D eigenvalue weighted by Gasteiger charge is 2.08. The minimum absolute atomic E-state index is 0.113. The molecular weight excluding hydrogens is 128 g/mol. The zero-order valence-electron chi connectivity index (χ0n) is 6.09.